The predicted molar refractivity (Wildman–Crippen MR) is 165 cm³/mol. The van der Waals surface area contributed by atoms with Gasteiger partial charge in [0.15, 0.2) is 17.3 Å². The molecule has 0 radical (unpaired) electrons. The predicted octanol–water partition coefficient (Wildman–Crippen LogP) is 5.32. The molecule has 0 aromatic heterocycles. The van der Waals surface area contributed by atoms with Crippen LogP contribution in [0, 0.1) is 5.92 Å². The minimum Gasteiger partial charge on any atom is -0.493 e. The first-order valence-electron chi connectivity index (χ1n) is 14.1. The molecule has 7 rings (SSSR count). The third kappa shape index (κ3) is 3.86. The molecule has 3 aliphatic heterocycles. The number of methoxy groups -OCH3 is 2. The number of benzene rings is 4. The minimum atomic E-state index is -1.40. The number of ether oxygens (including phenoxy) is 2. The Hall–Kier alpha value is -5.37. The average molecular weight is 572 g/mol. The van der Waals surface area contributed by atoms with E-state index in [0.717, 1.165) is 11.3 Å². The van der Waals surface area contributed by atoms with Crippen LogP contribution in [-0.4, -0.2) is 43.9 Å². The summed E-state index contributed by atoms with van der Waals surface area (Å²) in [7, 11) is 3.03. The number of para-hydroxylation sites is 3. The van der Waals surface area contributed by atoms with Crippen molar-refractivity contribution in [1.82, 2.24) is 0 Å². The molecule has 43 heavy (non-hydrogen) atoms. The van der Waals surface area contributed by atoms with E-state index in [-0.39, 0.29) is 17.6 Å². The summed E-state index contributed by atoms with van der Waals surface area (Å²) in [4.78, 5) is 45.8. The van der Waals surface area contributed by atoms with Gasteiger partial charge < -0.3 is 25.0 Å². The Labute approximate surface area is 248 Å². The Morgan fingerprint density at radius 3 is 2.37 bits per heavy atom. The Morgan fingerprint density at radius 2 is 1.58 bits per heavy atom. The lowest BCUT2D eigenvalue weighted by Gasteiger charge is -2.37. The maximum absolute atomic E-state index is 14.9. The largest absolute Gasteiger partial charge is 0.493 e. The molecule has 2 amide bonds. The summed E-state index contributed by atoms with van der Waals surface area (Å²) < 4.78 is 10.9. The molecule has 3 heterocycles. The van der Waals surface area contributed by atoms with Crippen LogP contribution in [0.3, 0.4) is 0 Å². The normalized spacial score (nSPS) is 22.8. The van der Waals surface area contributed by atoms with Crippen LogP contribution >= 0.6 is 0 Å². The number of fused-ring (bicyclic) bond motifs is 6. The Kier molecular flexibility index (Phi) is 6.27. The zero-order chi connectivity index (χ0) is 29.7. The molecule has 1 spiro atoms. The number of hydrogen-bond donors (Lipinski definition) is 2. The second-order valence-corrected chi connectivity index (χ2v) is 10.9. The molecule has 4 aromatic rings. The minimum absolute atomic E-state index is 0.314. The molecule has 0 bridgehead atoms. The molecule has 0 unspecified atom stereocenters. The monoisotopic (exact) mass is 571 g/mol. The molecule has 0 saturated carbocycles. The number of hydrogen-bond acceptors (Lipinski definition) is 6. The lowest BCUT2D eigenvalue weighted by Crippen LogP contribution is -2.51. The molecule has 1 saturated heterocycles. The summed E-state index contributed by atoms with van der Waals surface area (Å²) in [5, 5.41) is 6.08. The van der Waals surface area contributed by atoms with Crippen molar-refractivity contribution < 1.29 is 23.9 Å². The van der Waals surface area contributed by atoms with Crippen LogP contribution in [0.25, 0.3) is 6.08 Å². The zero-order valence-electron chi connectivity index (χ0n) is 23.6. The van der Waals surface area contributed by atoms with Crippen molar-refractivity contribution in [2.45, 2.75) is 17.5 Å². The highest BCUT2D eigenvalue weighted by Crippen LogP contribution is 2.57. The van der Waals surface area contributed by atoms with Gasteiger partial charge in [-0.15, -0.1) is 0 Å². The SMILES string of the molecule is COc1ccc(C(=O)[C@@H]2[C@H](C(=O)Nc3ccccc3)N3c4ccccc4C=C[C@H]3[C@@]23C(=O)Nc2ccccc23)cc1OC. The van der Waals surface area contributed by atoms with Gasteiger partial charge in [-0.3, -0.25) is 14.4 Å². The number of amides is 2. The third-order valence-electron chi connectivity index (χ3n) is 8.80. The van der Waals surface area contributed by atoms with E-state index in [1.54, 1.807) is 30.3 Å². The van der Waals surface area contributed by atoms with E-state index < -0.39 is 23.4 Å². The Bertz CT molecular complexity index is 1800. The summed E-state index contributed by atoms with van der Waals surface area (Å²) in [5.41, 5.74) is 2.51. The molecular weight excluding hydrogens is 542 g/mol. The summed E-state index contributed by atoms with van der Waals surface area (Å²) in [5.74, 6) is -1.29. The van der Waals surface area contributed by atoms with Gasteiger partial charge in [-0.25, -0.2) is 0 Å². The van der Waals surface area contributed by atoms with Crippen LogP contribution < -0.4 is 25.0 Å². The highest BCUT2D eigenvalue weighted by atomic mass is 16.5. The van der Waals surface area contributed by atoms with E-state index in [2.05, 4.69) is 10.6 Å². The molecule has 4 atom stereocenters. The van der Waals surface area contributed by atoms with Crippen molar-refractivity contribution >= 4 is 40.7 Å². The first-order valence-corrected chi connectivity index (χ1v) is 14.1. The third-order valence-corrected chi connectivity index (χ3v) is 8.80. The molecule has 4 aromatic carbocycles. The molecular formula is C35H29N3O5. The van der Waals surface area contributed by atoms with Crippen molar-refractivity contribution in [3.05, 3.63) is 120 Å². The molecule has 2 N–H and O–H groups in total. The van der Waals surface area contributed by atoms with Gasteiger partial charge in [0.1, 0.15) is 11.5 Å². The van der Waals surface area contributed by atoms with Crippen LogP contribution in [0.1, 0.15) is 21.5 Å². The number of anilines is 3. The van der Waals surface area contributed by atoms with Crippen LogP contribution in [0.4, 0.5) is 17.1 Å². The van der Waals surface area contributed by atoms with E-state index in [1.165, 1.54) is 14.2 Å². The van der Waals surface area contributed by atoms with E-state index >= 15 is 0 Å². The van der Waals surface area contributed by atoms with Crippen LogP contribution in [0.5, 0.6) is 11.5 Å². The highest BCUT2D eigenvalue weighted by Gasteiger charge is 2.70. The molecule has 214 valence electrons. The summed E-state index contributed by atoms with van der Waals surface area (Å²) >= 11 is 0. The Balaban J connectivity index is 1.48. The second-order valence-electron chi connectivity index (χ2n) is 10.9. The number of ketones is 1. The van der Waals surface area contributed by atoms with E-state index in [0.29, 0.717) is 34.0 Å². The quantitative estimate of drug-likeness (QED) is 0.304. The maximum atomic E-state index is 14.9. The standard InChI is InChI=1S/C35H29N3O5/c1-42-27-18-16-22(20-28(27)43-2)32(39)30-31(33(40)36-23-11-4-3-5-12-23)38-26-15-9-6-10-21(26)17-19-29(38)35(30)24-13-7-8-14-25(24)37-34(35)41/h3-20,29-31H,1-2H3,(H,36,40)(H,37,41)/t29-,30-,31+,35+/m0/s1. The Morgan fingerprint density at radius 1 is 0.860 bits per heavy atom. The average Bonchev–Trinajstić information content (AvgIpc) is 3.53. The lowest BCUT2D eigenvalue weighted by molar-refractivity contribution is -0.122. The van der Waals surface area contributed by atoms with Gasteiger partial charge in [0.25, 0.3) is 0 Å². The van der Waals surface area contributed by atoms with Crippen molar-refractivity contribution in [1.29, 1.82) is 0 Å². The second kappa shape index (κ2) is 10.2. The summed E-state index contributed by atoms with van der Waals surface area (Å²) in [6.45, 7) is 0. The van der Waals surface area contributed by atoms with Crippen molar-refractivity contribution in [3.8, 4) is 11.5 Å². The van der Waals surface area contributed by atoms with E-state index in [4.69, 9.17) is 9.47 Å². The molecule has 8 heteroatoms. The molecule has 0 aliphatic carbocycles. The van der Waals surface area contributed by atoms with Gasteiger partial charge in [0.05, 0.1) is 26.2 Å². The first kappa shape index (κ1) is 26.5. The zero-order valence-corrected chi connectivity index (χ0v) is 23.6. The van der Waals surface area contributed by atoms with Crippen molar-refractivity contribution in [3.63, 3.8) is 0 Å². The smallest absolute Gasteiger partial charge is 0.247 e. The van der Waals surface area contributed by atoms with E-state index in [9.17, 15) is 14.4 Å². The van der Waals surface area contributed by atoms with Crippen LogP contribution in [0.15, 0.2) is 103 Å². The lowest BCUT2D eigenvalue weighted by atomic mass is 9.64. The van der Waals surface area contributed by atoms with Crippen LogP contribution in [0.2, 0.25) is 0 Å². The number of Topliss-reactive ketones (excluding diaryl/α,β-unsaturated/α-hetero) is 1. The summed E-state index contributed by atoms with van der Waals surface area (Å²) in [6, 6.07) is 27.6. The van der Waals surface area contributed by atoms with Crippen molar-refractivity contribution in [2.75, 3.05) is 29.8 Å². The maximum Gasteiger partial charge on any atom is 0.247 e. The van der Waals surface area contributed by atoms with Gasteiger partial charge in [-0.1, -0.05) is 66.7 Å². The van der Waals surface area contributed by atoms with Gasteiger partial charge in [0.2, 0.25) is 11.8 Å². The number of nitrogens with zero attached hydrogens (tertiary/aromatic N) is 1. The highest BCUT2D eigenvalue weighted by molar-refractivity contribution is 6.17. The molecule has 3 aliphatic rings. The van der Waals surface area contributed by atoms with Gasteiger partial charge in [-0.2, -0.15) is 0 Å². The topological polar surface area (TPSA) is 97.0 Å². The van der Waals surface area contributed by atoms with Crippen molar-refractivity contribution in [2.24, 2.45) is 5.92 Å². The fraction of sp³-hybridized carbons (Fsp3) is 0.171. The molecule has 8 nitrogen and oxygen atoms in total. The first-order chi connectivity index (χ1) is 21.0. The number of carbonyl (C=O) groups is 3. The number of nitrogens with one attached hydrogen (secondary N) is 2. The fourth-order valence-electron chi connectivity index (χ4n) is 7.03. The van der Waals surface area contributed by atoms with E-state index in [1.807, 2.05) is 83.8 Å². The van der Waals surface area contributed by atoms with Gasteiger partial charge in [0, 0.05) is 22.6 Å². The molecule has 1 fully saturated rings. The number of rotatable bonds is 6. The van der Waals surface area contributed by atoms with Crippen LogP contribution in [-0.2, 0) is 15.0 Å². The summed E-state index contributed by atoms with van der Waals surface area (Å²) in [6.07, 6.45) is 3.93. The van der Waals surface area contributed by atoms with Gasteiger partial charge in [-0.05, 0) is 53.6 Å². The van der Waals surface area contributed by atoms with Gasteiger partial charge >= 0.3 is 0 Å². The number of carbonyl (C=O) groups excluding carboxylic acids is 3. The fourth-order valence-corrected chi connectivity index (χ4v) is 7.03.